The molecule has 5 heterocycles. The summed E-state index contributed by atoms with van der Waals surface area (Å²) in [6.07, 6.45) is -4.22. The molecule has 0 aliphatic carbocycles. The first-order valence-electron chi connectivity index (χ1n) is 18.1. The number of aromatic nitrogens is 5. The molecule has 1 aromatic carbocycles. The molecule has 0 spiro atoms. The molecule has 0 radical (unpaired) electrons. The van der Waals surface area contributed by atoms with Crippen LogP contribution in [-0.4, -0.2) is 103 Å². The predicted molar refractivity (Wildman–Crippen MR) is 203 cm³/mol. The van der Waals surface area contributed by atoms with Crippen LogP contribution in [0.1, 0.15) is 82.4 Å². The average molecular weight is 814 g/mol. The Morgan fingerprint density at radius 1 is 0.860 bits per heavy atom. The molecule has 2 aliphatic rings. The van der Waals surface area contributed by atoms with Crippen molar-refractivity contribution in [3.8, 4) is 0 Å². The maximum atomic E-state index is 14.4. The van der Waals surface area contributed by atoms with E-state index < -0.39 is 92.3 Å². The van der Waals surface area contributed by atoms with Gasteiger partial charge in [-0.15, -0.1) is 0 Å². The highest BCUT2D eigenvalue weighted by atomic mass is 32.2. The van der Waals surface area contributed by atoms with Crippen LogP contribution >= 0.6 is 0 Å². The lowest BCUT2D eigenvalue weighted by atomic mass is 10.1. The standard InChI is InChI=1S/C37H47N7O12S/c1-34(2,3)54-31(46)43(57(49,50)23-16-38-21-15-13-12-14-20(21)25(23)45)17-22-26-27(53-37(10,11)52-26)30(51-22)42-19-41-24-28(42)39-18-40-29(24)44(32(47)55-35(4,5)6)33(48)56-36(7,8)9/h12-16,18-19,22,26-27,30H,17H2,1-11H3,(H,38,45)/t22-,26-,27-,30-/m1/s1. The number of hydrogen-bond donors (Lipinski definition) is 1. The zero-order valence-electron chi connectivity index (χ0n) is 33.5. The number of sulfonamides is 1. The molecule has 57 heavy (non-hydrogen) atoms. The van der Waals surface area contributed by atoms with Gasteiger partial charge in [-0.2, -0.15) is 9.21 Å². The van der Waals surface area contributed by atoms with Gasteiger partial charge in [0.2, 0.25) is 5.43 Å². The summed E-state index contributed by atoms with van der Waals surface area (Å²) in [4.78, 5) is 70.2. The van der Waals surface area contributed by atoms with E-state index in [1.165, 1.54) is 17.0 Å². The normalized spacial score (nSPS) is 21.0. The minimum Gasteiger partial charge on any atom is -0.443 e. The number of pyridine rings is 1. The molecule has 2 saturated heterocycles. The first kappa shape index (κ1) is 41.5. The number of fused-ring (bicyclic) bond motifs is 3. The number of rotatable bonds is 6. The molecule has 4 atom stereocenters. The van der Waals surface area contributed by atoms with Gasteiger partial charge in [0.1, 0.15) is 41.4 Å². The number of carbonyl (C=O) groups excluding carboxylic acids is 3. The molecular formula is C37H47N7O12S. The third kappa shape index (κ3) is 8.58. The number of anilines is 1. The highest BCUT2D eigenvalue weighted by molar-refractivity contribution is 7.89. The van der Waals surface area contributed by atoms with Crippen LogP contribution in [0, 0.1) is 0 Å². The minimum atomic E-state index is -4.90. The fourth-order valence-electron chi connectivity index (χ4n) is 6.29. The van der Waals surface area contributed by atoms with E-state index in [1.807, 2.05) is 0 Å². The molecule has 2 aliphatic heterocycles. The fraction of sp³-hybridized carbons (Fsp3) is 0.541. The second-order valence-electron chi connectivity index (χ2n) is 17.0. The van der Waals surface area contributed by atoms with Crippen molar-refractivity contribution in [2.24, 2.45) is 0 Å². The van der Waals surface area contributed by atoms with Crippen molar-refractivity contribution < 1.29 is 51.2 Å². The molecule has 0 saturated carbocycles. The number of ether oxygens (including phenoxy) is 6. The topological polar surface area (TPSA) is 224 Å². The number of nitrogens with zero attached hydrogens (tertiary/aromatic N) is 6. The highest BCUT2D eigenvalue weighted by Gasteiger charge is 2.57. The fourth-order valence-corrected chi connectivity index (χ4v) is 7.65. The summed E-state index contributed by atoms with van der Waals surface area (Å²) in [6, 6.07) is 6.36. The van der Waals surface area contributed by atoms with Crippen LogP contribution in [0.25, 0.3) is 22.1 Å². The third-order valence-electron chi connectivity index (χ3n) is 8.37. The SMILES string of the molecule is CC(C)(C)OC(=O)N(C(=O)OC(C)(C)C)c1ncnc2c1ncn2[C@@H]1O[C@H](CN(C(=O)OC(C)(C)C)S(=O)(=O)c2c[nH]c3ccccc3c2=O)[C@H]2OC(C)(C)O[C@H]21. The van der Waals surface area contributed by atoms with Crippen molar-refractivity contribution in [2.45, 2.75) is 128 Å². The molecule has 4 aromatic rings. The number of amides is 3. The van der Waals surface area contributed by atoms with Crippen LogP contribution in [-0.2, 0) is 38.4 Å². The van der Waals surface area contributed by atoms with Gasteiger partial charge in [0.25, 0.3) is 10.0 Å². The Hall–Kier alpha value is -5.18. The minimum absolute atomic E-state index is 0.0236. The first-order valence-corrected chi connectivity index (χ1v) is 19.5. The number of carbonyl (C=O) groups is 3. The van der Waals surface area contributed by atoms with Gasteiger partial charge < -0.3 is 33.4 Å². The number of H-pyrrole nitrogens is 1. The summed E-state index contributed by atoms with van der Waals surface area (Å²) in [5, 5.41) is 0.0967. The Balaban J connectivity index is 1.41. The van der Waals surface area contributed by atoms with Gasteiger partial charge >= 0.3 is 18.3 Å². The van der Waals surface area contributed by atoms with Crippen molar-refractivity contribution in [2.75, 3.05) is 11.4 Å². The number of nitrogens with one attached hydrogen (secondary N) is 1. The average Bonchev–Trinajstić information content (AvgIpc) is 3.72. The van der Waals surface area contributed by atoms with Crippen LogP contribution in [0.5, 0.6) is 0 Å². The lowest BCUT2D eigenvalue weighted by molar-refractivity contribution is -0.196. The van der Waals surface area contributed by atoms with Crippen LogP contribution in [0.3, 0.4) is 0 Å². The van der Waals surface area contributed by atoms with E-state index in [-0.39, 0.29) is 22.4 Å². The van der Waals surface area contributed by atoms with Crippen molar-refractivity contribution in [1.29, 1.82) is 0 Å². The number of imide groups is 1. The Morgan fingerprint density at radius 2 is 1.44 bits per heavy atom. The molecule has 6 rings (SSSR count). The first-order chi connectivity index (χ1) is 26.3. The van der Waals surface area contributed by atoms with E-state index in [1.54, 1.807) is 94.4 Å². The highest BCUT2D eigenvalue weighted by Crippen LogP contribution is 2.44. The summed E-state index contributed by atoms with van der Waals surface area (Å²) < 4.78 is 66.2. The summed E-state index contributed by atoms with van der Waals surface area (Å²) in [7, 11) is -4.90. The molecule has 19 nitrogen and oxygen atoms in total. The van der Waals surface area contributed by atoms with E-state index in [0.29, 0.717) is 14.7 Å². The molecule has 20 heteroatoms. The number of benzene rings is 1. The lowest BCUT2D eigenvalue weighted by Crippen LogP contribution is -2.48. The molecule has 3 amide bonds. The zero-order valence-corrected chi connectivity index (χ0v) is 34.4. The summed E-state index contributed by atoms with van der Waals surface area (Å²) in [5.74, 6) is -1.46. The van der Waals surface area contributed by atoms with Crippen molar-refractivity contribution in [1.82, 2.24) is 28.8 Å². The van der Waals surface area contributed by atoms with Crippen LogP contribution < -0.4 is 10.3 Å². The van der Waals surface area contributed by atoms with E-state index in [4.69, 9.17) is 28.4 Å². The van der Waals surface area contributed by atoms with Crippen molar-refractivity contribution >= 4 is 56.2 Å². The Kier molecular flexibility index (Phi) is 10.4. The lowest BCUT2D eigenvalue weighted by Gasteiger charge is -2.30. The van der Waals surface area contributed by atoms with Gasteiger partial charge in [-0.05, 0) is 88.3 Å². The summed E-state index contributed by atoms with van der Waals surface area (Å²) >= 11 is 0. The Morgan fingerprint density at radius 3 is 2.05 bits per heavy atom. The van der Waals surface area contributed by atoms with Gasteiger partial charge in [-0.3, -0.25) is 9.36 Å². The molecular weight excluding hydrogens is 767 g/mol. The van der Waals surface area contributed by atoms with Crippen LogP contribution in [0.15, 0.2) is 52.8 Å². The van der Waals surface area contributed by atoms with Gasteiger partial charge in [0.15, 0.2) is 33.9 Å². The molecule has 0 bridgehead atoms. The zero-order chi connectivity index (χ0) is 42.0. The second kappa shape index (κ2) is 14.3. The monoisotopic (exact) mass is 813 g/mol. The van der Waals surface area contributed by atoms with Crippen LogP contribution in [0.4, 0.5) is 20.2 Å². The number of imidazole rings is 1. The molecule has 0 unspecified atom stereocenters. The quantitative estimate of drug-likeness (QED) is 0.241. The molecule has 1 N–H and O–H groups in total. The van der Waals surface area contributed by atoms with E-state index in [9.17, 15) is 27.6 Å². The maximum Gasteiger partial charge on any atom is 0.425 e. The van der Waals surface area contributed by atoms with Gasteiger partial charge in [0.05, 0.1) is 12.9 Å². The molecule has 3 aromatic heterocycles. The maximum absolute atomic E-state index is 14.4. The largest absolute Gasteiger partial charge is 0.443 e. The summed E-state index contributed by atoms with van der Waals surface area (Å²) in [6.45, 7) is 17.1. The number of hydrogen-bond acceptors (Lipinski definition) is 15. The second-order valence-corrected chi connectivity index (χ2v) is 18.8. The van der Waals surface area contributed by atoms with E-state index in [0.717, 1.165) is 12.5 Å². The third-order valence-corrected chi connectivity index (χ3v) is 10.1. The van der Waals surface area contributed by atoms with Gasteiger partial charge in [-0.25, -0.2) is 37.8 Å². The van der Waals surface area contributed by atoms with Crippen LogP contribution in [0.2, 0.25) is 0 Å². The predicted octanol–water partition coefficient (Wildman–Crippen LogP) is 5.39. The van der Waals surface area contributed by atoms with E-state index >= 15 is 0 Å². The van der Waals surface area contributed by atoms with Gasteiger partial charge in [-0.1, -0.05) is 12.1 Å². The number of aromatic amines is 1. The Bertz CT molecular complexity index is 2360. The Labute approximate surface area is 328 Å². The van der Waals surface area contributed by atoms with Crippen molar-refractivity contribution in [3.63, 3.8) is 0 Å². The molecule has 308 valence electrons. The number of para-hydroxylation sites is 1. The summed E-state index contributed by atoms with van der Waals surface area (Å²) in [5.41, 5.74) is -3.50. The van der Waals surface area contributed by atoms with E-state index in [2.05, 4.69) is 19.9 Å². The smallest absolute Gasteiger partial charge is 0.425 e. The van der Waals surface area contributed by atoms with Crippen molar-refractivity contribution in [3.05, 3.63) is 53.3 Å². The van der Waals surface area contributed by atoms with Gasteiger partial charge in [0, 0.05) is 17.1 Å². The molecule has 2 fully saturated rings.